The molecule has 0 radical (unpaired) electrons. The maximum absolute atomic E-state index is 12.6. The minimum absolute atomic E-state index is 0.0281. The Labute approximate surface area is 161 Å². The average Bonchev–Trinajstić information content (AvgIpc) is 3.42. The Kier molecular flexibility index (Phi) is 4.88. The van der Waals surface area contributed by atoms with Gasteiger partial charge in [-0.05, 0) is 66.1 Å². The van der Waals surface area contributed by atoms with E-state index >= 15 is 0 Å². The normalized spacial score (nSPS) is 14.8. The fraction of sp³-hybridized carbons (Fsp3) is 0.316. The molecule has 0 bridgehead atoms. The smallest absolute Gasteiger partial charge is 0.289 e. The molecule has 1 fully saturated rings. The lowest BCUT2D eigenvalue weighted by atomic mass is 9.95. The summed E-state index contributed by atoms with van der Waals surface area (Å²) in [6.45, 7) is 3.01. The van der Waals surface area contributed by atoms with Gasteiger partial charge in [0.25, 0.3) is 5.91 Å². The van der Waals surface area contributed by atoms with Crippen molar-refractivity contribution < 1.29 is 14.0 Å². The number of carbonyl (C=O) groups is 2. The highest BCUT2D eigenvalue weighted by atomic mass is 16.3. The first-order valence-corrected chi connectivity index (χ1v) is 9.09. The molecule has 0 saturated carbocycles. The lowest BCUT2D eigenvalue weighted by molar-refractivity contribution is -0.121. The third kappa shape index (κ3) is 3.64. The van der Waals surface area contributed by atoms with Crippen molar-refractivity contribution in [3.63, 3.8) is 0 Å². The average molecular weight is 380 g/mol. The summed E-state index contributed by atoms with van der Waals surface area (Å²) in [6.07, 6.45) is 4.26. The molecule has 0 unspecified atom stereocenters. The number of nitrogens with one attached hydrogen (secondary N) is 1. The molecule has 0 atom stereocenters. The molecule has 1 saturated heterocycles. The molecule has 2 aromatic heterocycles. The minimum Gasteiger partial charge on any atom is -0.459 e. The summed E-state index contributed by atoms with van der Waals surface area (Å²) in [4.78, 5) is 26.7. The maximum atomic E-state index is 12.6. The standard InChI is InChI=1S/C19H20N6O3/c1-13-11-15(4-5-16(13)25-12-20-22-23-25)21-18(26)14-6-8-24(9-7-14)19(27)17-3-2-10-28-17/h2-5,10-12,14H,6-9H2,1H3,(H,21,26). The minimum atomic E-state index is -0.127. The highest BCUT2D eigenvalue weighted by Gasteiger charge is 2.28. The van der Waals surface area contributed by atoms with Gasteiger partial charge in [0.2, 0.25) is 5.91 Å². The number of nitrogens with zero attached hydrogens (tertiary/aromatic N) is 5. The molecule has 144 valence electrons. The molecule has 1 aromatic carbocycles. The summed E-state index contributed by atoms with van der Waals surface area (Å²) in [5.74, 6) is 0.0542. The van der Waals surface area contributed by atoms with Crippen LogP contribution in [0.2, 0.25) is 0 Å². The van der Waals surface area contributed by atoms with Gasteiger partial charge in [-0.1, -0.05) is 0 Å². The molecule has 1 aliphatic rings. The van der Waals surface area contributed by atoms with Crippen LogP contribution in [0.5, 0.6) is 0 Å². The van der Waals surface area contributed by atoms with Crippen molar-refractivity contribution in [1.29, 1.82) is 0 Å². The number of tetrazole rings is 1. The summed E-state index contributed by atoms with van der Waals surface area (Å²) in [5, 5.41) is 14.1. The predicted molar refractivity (Wildman–Crippen MR) is 99.9 cm³/mol. The fourth-order valence-electron chi connectivity index (χ4n) is 3.41. The molecule has 28 heavy (non-hydrogen) atoms. The number of rotatable bonds is 4. The third-order valence-corrected chi connectivity index (χ3v) is 4.95. The summed E-state index contributed by atoms with van der Waals surface area (Å²) in [6, 6.07) is 8.94. The lowest BCUT2D eigenvalue weighted by Gasteiger charge is -2.30. The van der Waals surface area contributed by atoms with E-state index in [9.17, 15) is 9.59 Å². The number of aromatic nitrogens is 4. The maximum Gasteiger partial charge on any atom is 0.289 e. The van der Waals surface area contributed by atoms with Gasteiger partial charge >= 0.3 is 0 Å². The number of hydrogen-bond acceptors (Lipinski definition) is 6. The Bertz CT molecular complexity index is 960. The zero-order valence-electron chi connectivity index (χ0n) is 15.4. The molecule has 4 rings (SSSR count). The molecule has 1 aliphatic heterocycles. The molecule has 1 N–H and O–H groups in total. The van der Waals surface area contributed by atoms with E-state index in [1.807, 2.05) is 25.1 Å². The van der Waals surface area contributed by atoms with Gasteiger partial charge in [0.1, 0.15) is 6.33 Å². The van der Waals surface area contributed by atoms with Gasteiger partial charge in [0, 0.05) is 24.7 Å². The van der Waals surface area contributed by atoms with Crippen LogP contribution in [0.15, 0.2) is 47.3 Å². The van der Waals surface area contributed by atoms with Crippen molar-refractivity contribution in [1.82, 2.24) is 25.1 Å². The van der Waals surface area contributed by atoms with Crippen LogP contribution in [-0.4, -0.2) is 50.0 Å². The molecule has 0 spiro atoms. The van der Waals surface area contributed by atoms with Crippen LogP contribution >= 0.6 is 0 Å². The van der Waals surface area contributed by atoms with Gasteiger partial charge in [0.05, 0.1) is 12.0 Å². The number of furan rings is 1. The van der Waals surface area contributed by atoms with Gasteiger partial charge in [-0.3, -0.25) is 9.59 Å². The second kappa shape index (κ2) is 7.63. The predicted octanol–water partition coefficient (Wildman–Crippen LogP) is 2.05. The molecule has 9 nitrogen and oxygen atoms in total. The largest absolute Gasteiger partial charge is 0.459 e. The molecular weight excluding hydrogens is 360 g/mol. The number of aryl methyl sites for hydroxylation is 1. The van der Waals surface area contributed by atoms with Crippen molar-refractivity contribution in [2.45, 2.75) is 19.8 Å². The van der Waals surface area contributed by atoms with E-state index in [1.54, 1.807) is 21.7 Å². The monoisotopic (exact) mass is 380 g/mol. The van der Waals surface area contributed by atoms with Crippen LogP contribution in [0.3, 0.4) is 0 Å². The number of hydrogen-bond donors (Lipinski definition) is 1. The number of piperidine rings is 1. The van der Waals surface area contributed by atoms with Crippen LogP contribution in [0, 0.1) is 12.8 Å². The van der Waals surface area contributed by atoms with Crippen LogP contribution < -0.4 is 5.32 Å². The van der Waals surface area contributed by atoms with Gasteiger partial charge in [-0.15, -0.1) is 5.10 Å². The summed E-state index contributed by atoms with van der Waals surface area (Å²) >= 11 is 0. The molecule has 0 aliphatic carbocycles. The summed E-state index contributed by atoms with van der Waals surface area (Å²) in [5.41, 5.74) is 2.53. The lowest BCUT2D eigenvalue weighted by Crippen LogP contribution is -2.41. The first-order valence-electron chi connectivity index (χ1n) is 9.09. The number of anilines is 1. The van der Waals surface area contributed by atoms with Crippen molar-refractivity contribution in [3.05, 3.63) is 54.2 Å². The van der Waals surface area contributed by atoms with Gasteiger partial charge in [-0.25, -0.2) is 4.68 Å². The van der Waals surface area contributed by atoms with E-state index < -0.39 is 0 Å². The quantitative estimate of drug-likeness (QED) is 0.742. The fourth-order valence-corrected chi connectivity index (χ4v) is 3.41. The molecule has 2 amide bonds. The van der Waals surface area contributed by atoms with E-state index in [0.717, 1.165) is 16.9 Å². The van der Waals surface area contributed by atoms with Crippen molar-refractivity contribution in [2.75, 3.05) is 18.4 Å². The highest BCUT2D eigenvalue weighted by Crippen LogP contribution is 2.23. The SMILES string of the molecule is Cc1cc(NC(=O)C2CCN(C(=O)c3ccco3)CC2)ccc1-n1cnnn1. The number of carbonyl (C=O) groups excluding carboxylic acids is 2. The third-order valence-electron chi connectivity index (χ3n) is 4.95. The number of benzene rings is 1. The topological polar surface area (TPSA) is 106 Å². The van der Waals surface area contributed by atoms with E-state index in [-0.39, 0.29) is 17.7 Å². The van der Waals surface area contributed by atoms with Crippen LogP contribution in [0.1, 0.15) is 29.0 Å². The van der Waals surface area contributed by atoms with E-state index in [4.69, 9.17) is 4.42 Å². The Balaban J connectivity index is 1.35. The van der Waals surface area contributed by atoms with Crippen molar-refractivity contribution in [2.24, 2.45) is 5.92 Å². The zero-order valence-corrected chi connectivity index (χ0v) is 15.4. The number of likely N-dealkylation sites (tertiary alicyclic amines) is 1. The van der Waals surface area contributed by atoms with Crippen molar-refractivity contribution in [3.8, 4) is 5.69 Å². The van der Waals surface area contributed by atoms with Crippen LogP contribution in [-0.2, 0) is 4.79 Å². The Morgan fingerprint density at radius 2 is 2.04 bits per heavy atom. The molecule has 9 heteroatoms. The Morgan fingerprint density at radius 3 is 2.68 bits per heavy atom. The number of amides is 2. The van der Waals surface area contributed by atoms with E-state index in [2.05, 4.69) is 20.8 Å². The van der Waals surface area contributed by atoms with Gasteiger partial charge < -0.3 is 14.6 Å². The van der Waals surface area contributed by atoms with Crippen LogP contribution in [0.4, 0.5) is 5.69 Å². The molecule has 3 aromatic rings. The summed E-state index contributed by atoms with van der Waals surface area (Å²) in [7, 11) is 0. The van der Waals surface area contributed by atoms with E-state index in [0.29, 0.717) is 31.7 Å². The highest BCUT2D eigenvalue weighted by molar-refractivity contribution is 5.94. The first kappa shape index (κ1) is 17.9. The second-order valence-electron chi connectivity index (χ2n) is 6.79. The molecular formula is C19H20N6O3. The summed E-state index contributed by atoms with van der Waals surface area (Å²) < 4.78 is 6.74. The van der Waals surface area contributed by atoms with Gasteiger partial charge in [0.15, 0.2) is 5.76 Å². The van der Waals surface area contributed by atoms with Gasteiger partial charge in [-0.2, -0.15) is 0 Å². The Hall–Kier alpha value is -3.49. The Morgan fingerprint density at radius 1 is 1.21 bits per heavy atom. The first-order chi connectivity index (χ1) is 13.6. The zero-order chi connectivity index (χ0) is 19.5. The van der Waals surface area contributed by atoms with Crippen LogP contribution in [0.25, 0.3) is 5.69 Å². The van der Waals surface area contributed by atoms with Crippen molar-refractivity contribution >= 4 is 17.5 Å². The van der Waals surface area contributed by atoms with E-state index in [1.165, 1.54) is 12.6 Å². The second-order valence-corrected chi connectivity index (χ2v) is 6.79. The molecule has 3 heterocycles.